The highest BCUT2D eigenvalue weighted by molar-refractivity contribution is 5.95. The minimum absolute atomic E-state index is 0.0290. The minimum Gasteiger partial charge on any atom is -0.481 e. The van der Waals surface area contributed by atoms with Crippen LogP contribution < -0.4 is 5.32 Å². The Hall–Kier alpha value is -3.55. The first kappa shape index (κ1) is 18.8. The van der Waals surface area contributed by atoms with Crippen molar-refractivity contribution in [1.82, 2.24) is 5.32 Å². The molecular formula is C18H17N3O5. The Morgan fingerprint density at radius 2 is 1.69 bits per heavy atom. The van der Waals surface area contributed by atoms with Crippen molar-refractivity contribution >= 4 is 29.2 Å². The van der Waals surface area contributed by atoms with E-state index in [0.29, 0.717) is 22.5 Å². The Bertz CT molecular complexity index is 877. The fraction of sp³-hybridized carbons (Fsp3) is 0.167. The predicted molar refractivity (Wildman–Crippen MR) is 93.3 cm³/mol. The number of amides is 1. The Kier molecular flexibility index (Phi) is 6.15. The number of carbonyl (C=O) groups excluding carboxylic acids is 1. The van der Waals surface area contributed by atoms with E-state index < -0.39 is 17.8 Å². The molecule has 0 fully saturated rings. The second-order valence-corrected chi connectivity index (χ2v) is 5.45. The molecule has 3 N–H and O–H groups in total. The maximum absolute atomic E-state index is 12.0. The molecule has 0 aromatic heterocycles. The monoisotopic (exact) mass is 355 g/mol. The van der Waals surface area contributed by atoms with Gasteiger partial charge in [0.25, 0.3) is 5.91 Å². The summed E-state index contributed by atoms with van der Waals surface area (Å²) in [5.41, 5.74) is 1.88. The molecule has 0 bridgehead atoms. The van der Waals surface area contributed by atoms with Crippen LogP contribution in [0.25, 0.3) is 0 Å². The quantitative estimate of drug-likeness (QED) is 0.656. The molecule has 134 valence electrons. The molecule has 26 heavy (non-hydrogen) atoms. The van der Waals surface area contributed by atoms with Crippen molar-refractivity contribution in [1.29, 1.82) is 0 Å². The average molecular weight is 355 g/mol. The lowest BCUT2D eigenvalue weighted by atomic mass is 10.1. The van der Waals surface area contributed by atoms with Crippen LogP contribution in [0.15, 0.2) is 52.7 Å². The SMILES string of the molecule is Cc1ccc(N=Nc2cccc(C(=O)NCCC(=O)O)c2)cc1C(=O)O. The van der Waals surface area contributed by atoms with Crippen molar-refractivity contribution in [3.05, 3.63) is 59.2 Å². The van der Waals surface area contributed by atoms with E-state index in [1.807, 2.05) is 0 Å². The number of aliphatic carboxylic acids is 1. The van der Waals surface area contributed by atoms with Crippen molar-refractivity contribution < 1.29 is 24.6 Å². The smallest absolute Gasteiger partial charge is 0.336 e. The minimum atomic E-state index is -1.04. The number of aryl methyl sites for hydroxylation is 1. The summed E-state index contributed by atoms with van der Waals surface area (Å²) >= 11 is 0. The van der Waals surface area contributed by atoms with Gasteiger partial charge in [-0.1, -0.05) is 12.1 Å². The molecule has 0 saturated carbocycles. The van der Waals surface area contributed by atoms with E-state index in [0.717, 1.165) is 0 Å². The van der Waals surface area contributed by atoms with E-state index in [9.17, 15) is 14.4 Å². The molecule has 0 aliphatic heterocycles. The largest absolute Gasteiger partial charge is 0.481 e. The Morgan fingerprint density at radius 1 is 1.00 bits per heavy atom. The molecule has 0 aliphatic rings. The summed E-state index contributed by atoms with van der Waals surface area (Å²) in [5, 5.41) is 28.2. The van der Waals surface area contributed by atoms with E-state index in [1.54, 1.807) is 37.3 Å². The first-order valence-electron chi connectivity index (χ1n) is 7.72. The number of azo groups is 1. The van der Waals surface area contributed by atoms with E-state index in [4.69, 9.17) is 10.2 Å². The number of nitrogens with zero attached hydrogens (tertiary/aromatic N) is 2. The second kappa shape index (κ2) is 8.52. The van der Waals surface area contributed by atoms with Crippen molar-refractivity contribution in [2.45, 2.75) is 13.3 Å². The predicted octanol–water partition coefficient (Wildman–Crippen LogP) is 3.31. The zero-order valence-electron chi connectivity index (χ0n) is 14.0. The van der Waals surface area contributed by atoms with E-state index in [2.05, 4.69) is 15.5 Å². The summed E-state index contributed by atoms with van der Waals surface area (Å²) in [6, 6.07) is 11.1. The van der Waals surface area contributed by atoms with Crippen LogP contribution in [0.5, 0.6) is 0 Å². The number of rotatable bonds is 7. The topological polar surface area (TPSA) is 128 Å². The molecule has 0 unspecified atom stereocenters. The molecule has 0 aliphatic carbocycles. The van der Waals surface area contributed by atoms with Crippen LogP contribution in [-0.4, -0.2) is 34.6 Å². The van der Waals surface area contributed by atoms with E-state index in [1.165, 1.54) is 12.1 Å². The van der Waals surface area contributed by atoms with Gasteiger partial charge in [0.05, 0.1) is 23.4 Å². The maximum Gasteiger partial charge on any atom is 0.336 e. The summed E-state index contributed by atoms with van der Waals surface area (Å²) in [5.74, 6) is -2.45. The second-order valence-electron chi connectivity index (χ2n) is 5.45. The third-order valence-corrected chi connectivity index (χ3v) is 3.47. The number of hydrogen-bond donors (Lipinski definition) is 3. The summed E-state index contributed by atoms with van der Waals surface area (Å²) in [7, 11) is 0. The highest BCUT2D eigenvalue weighted by Gasteiger charge is 2.08. The van der Waals surface area contributed by atoms with Gasteiger partial charge in [0.1, 0.15) is 0 Å². The van der Waals surface area contributed by atoms with Crippen LogP contribution in [0, 0.1) is 6.92 Å². The lowest BCUT2D eigenvalue weighted by Gasteiger charge is -2.04. The van der Waals surface area contributed by atoms with Crippen LogP contribution in [0.4, 0.5) is 11.4 Å². The first-order chi connectivity index (χ1) is 12.4. The number of hydrogen-bond acceptors (Lipinski definition) is 5. The van der Waals surface area contributed by atoms with Crippen LogP contribution >= 0.6 is 0 Å². The Labute approximate surface area is 149 Å². The number of carboxylic acids is 2. The van der Waals surface area contributed by atoms with Crippen molar-refractivity contribution in [2.24, 2.45) is 10.2 Å². The van der Waals surface area contributed by atoms with E-state index >= 15 is 0 Å². The third kappa shape index (κ3) is 5.23. The van der Waals surface area contributed by atoms with Gasteiger partial charge in [0, 0.05) is 12.1 Å². The van der Waals surface area contributed by atoms with Gasteiger partial charge in [0.2, 0.25) is 0 Å². The lowest BCUT2D eigenvalue weighted by molar-refractivity contribution is -0.136. The maximum atomic E-state index is 12.0. The molecule has 1 amide bonds. The standard InChI is InChI=1S/C18H17N3O5/c1-11-5-6-14(10-15(11)18(25)26)21-20-13-4-2-3-12(9-13)17(24)19-8-7-16(22)23/h2-6,9-10H,7-8H2,1H3,(H,19,24)(H,22,23)(H,25,26). The highest BCUT2D eigenvalue weighted by Crippen LogP contribution is 2.22. The highest BCUT2D eigenvalue weighted by atomic mass is 16.4. The summed E-state index contributed by atoms with van der Waals surface area (Å²) in [6.45, 7) is 1.72. The Balaban J connectivity index is 2.12. The zero-order chi connectivity index (χ0) is 19.1. The van der Waals surface area contributed by atoms with Gasteiger partial charge in [-0.25, -0.2) is 4.79 Å². The van der Waals surface area contributed by atoms with Gasteiger partial charge < -0.3 is 15.5 Å². The fourth-order valence-corrected chi connectivity index (χ4v) is 2.11. The summed E-state index contributed by atoms with van der Waals surface area (Å²) < 4.78 is 0. The van der Waals surface area contributed by atoms with Gasteiger partial charge >= 0.3 is 11.9 Å². The average Bonchev–Trinajstić information content (AvgIpc) is 2.60. The zero-order valence-corrected chi connectivity index (χ0v) is 14.0. The van der Waals surface area contributed by atoms with E-state index in [-0.39, 0.29) is 18.5 Å². The van der Waals surface area contributed by atoms with Crippen LogP contribution in [0.2, 0.25) is 0 Å². The molecule has 2 rings (SSSR count). The van der Waals surface area contributed by atoms with Gasteiger partial charge in [-0.3, -0.25) is 9.59 Å². The number of aromatic carboxylic acids is 1. The van der Waals surface area contributed by atoms with Crippen molar-refractivity contribution in [3.63, 3.8) is 0 Å². The lowest BCUT2D eigenvalue weighted by Crippen LogP contribution is -2.25. The molecule has 0 atom stereocenters. The van der Waals surface area contributed by atoms with Crippen molar-refractivity contribution in [2.75, 3.05) is 6.54 Å². The fourth-order valence-electron chi connectivity index (χ4n) is 2.11. The summed E-state index contributed by atoms with van der Waals surface area (Å²) in [6.07, 6.45) is -0.162. The van der Waals surface area contributed by atoms with Crippen molar-refractivity contribution in [3.8, 4) is 0 Å². The molecule has 2 aromatic rings. The molecule has 2 aromatic carbocycles. The molecule has 0 saturated heterocycles. The van der Waals surface area contributed by atoms with Gasteiger partial charge in [-0.2, -0.15) is 10.2 Å². The molecule has 0 heterocycles. The number of benzene rings is 2. The van der Waals surface area contributed by atoms with Gasteiger partial charge in [-0.15, -0.1) is 0 Å². The van der Waals surface area contributed by atoms with Crippen LogP contribution in [0.3, 0.4) is 0 Å². The van der Waals surface area contributed by atoms with Crippen LogP contribution in [-0.2, 0) is 4.79 Å². The third-order valence-electron chi connectivity index (χ3n) is 3.47. The van der Waals surface area contributed by atoms with Gasteiger partial charge in [-0.05, 0) is 42.8 Å². The first-order valence-corrected chi connectivity index (χ1v) is 7.72. The number of nitrogens with one attached hydrogen (secondary N) is 1. The molecule has 8 nitrogen and oxygen atoms in total. The number of carboxylic acid groups (broad SMARTS) is 2. The van der Waals surface area contributed by atoms with Crippen LogP contribution in [0.1, 0.15) is 32.7 Å². The Morgan fingerprint density at radius 3 is 2.35 bits per heavy atom. The molecule has 0 radical (unpaired) electrons. The molecule has 8 heteroatoms. The van der Waals surface area contributed by atoms with Gasteiger partial charge in [0.15, 0.2) is 0 Å². The molecule has 0 spiro atoms. The normalized spacial score (nSPS) is 10.7. The number of carbonyl (C=O) groups is 3. The summed E-state index contributed by atoms with van der Waals surface area (Å²) in [4.78, 5) is 33.6. The molecular weight excluding hydrogens is 338 g/mol.